The molecular formula is C19H16FN5S3. The van der Waals surface area contributed by atoms with Gasteiger partial charge in [-0.3, -0.25) is 0 Å². The van der Waals surface area contributed by atoms with Crippen LogP contribution in [0.25, 0.3) is 0 Å². The number of aryl methyl sites for hydroxylation is 1. The number of aromatic nitrogens is 3. The van der Waals surface area contributed by atoms with Crippen LogP contribution in [-0.2, 0) is 5.75 Å². The van der Waals surface area contributed by atoms with Crippen LogP contribution in [0.1, 0.15) is 11.3 Å². The minimum absolute atomic E-state index is 0.317. The summed E-state index contributed by atoms with van der Waals surface area (Å²) in [7, 11) is 0. The first kappa shape index (κ1) is 18.9. The van der Waals surface area contributed by atoms with Crippen LogP contribution in [0.3, 0.4) is 0 Å². The Morgan fingerprint density at radius 3 is 2.64 bits per heavy atom. The second-order valence-electron chi connectivity index (χ2n) is 5.90. The molecule has 0 bridgehead atoms. The van der Waals surface area contributed by atoms with Crippen LogP contribution in [0.4, 0.5) is 26.0 Å². The lowest BCUT2D eigenvalue weighted by Gasteiger charge is -2.02. The molecule has 0 atom stereocenters. The number of nitrogens with zero attached hydrogens (tertiary/aromatic N) is 3. The van der Waals surface area contributed by atoms with E-state index in [1.54, 1.807) is 41.3 Å². The molecule has 2 aromatic carbocycles. The predicted octanol–water partition coefficient (Wildman–Crippen LogP) is 6.22. The first-order valence-electron chi connectivity index (χ1n) is 8.42. The number of para-hydroxylation sites is 1. The second kappa shape index (κ2) is 8.68. The Bertz CT molecular complexity index is 1060. The van der Waals surface area contributed by atoms with E-state index in [1.807, 2.05) is 17.5 Å². The molecule has 28 heavy (non-hydrogen) atoms. The lowest BCUT2D eigenvalue weighted by Crippen LogP contribution is -1.92. The van der Waals surface area contributed by atoms with Crippen LogP contribution in [0, 0.1) is 12.7 Å². The number of thiazole rings is 1. The van der Waals surface area contributed by atoms with Crippen LogP contribution >= 0.6 is 34.4 Å². The average molecular weight is 430 g/mol. The van der Waals surface area contributed by atoms with Crippen molar-refractivity contribution < 1.29 is 4.39 Å². The van der Waals surface area contributed by atoms with Gasteiger partial charge in [0, 0.05) is 16.8 Å². The van der Waals surface area contributed by atoms with Gasteiger partial charge in [0.25, 0.3) is 0 Å². The monoisotopic (exact) mass is 429 g/mol. The fourth-order valence-electron chi connectivity index (χ4n) is 2.32. The summed E-state index contributed by atoms with van der Waals surface area (Å²) >= 11 is 4.52. The molecule has 2 aromatic heterocycles. The minimum Gasteiger partial charge on any atom is -0.332 e. The Morgan fingerprint density at radius 1 is 1.00 bits per heavy atom. The molecule has 0 radical (unpaired) electrons. The number of halogens is 1. The summed E-state index contributed by atoms with van der Waals surface area (Å²) < 4.78 is 14.5. The zero-order valence-corrected chi connectivity index (χ0v) is 17.3. The highest BCUT2D eigenvalue weighted by atomic mass is 32.2. The van der Waals surface area contributed by atoms with E-state index in [0.717, 1.165) is 20.9 Å². The lowest BCUT2D eigenvalue weighted by atomic mass is 10.2. The van der Waals surface area contributed by atoms with Gasteiger partial charge in [0.1, 0.15) is 5.82 Å². The van der Waals surface area contributed by atoms with Crippen LogP contribution in [0.5, 0.6) is 0 Å². The smallest absolute Gasteiger partial charge is 0.210 e. The van der Waals surface area contributed by atoms with E-state index in [9.17, 15) is 4.39 Å². The number of benzene rings is 2. The minimum atomic E-state index is -0.317. The topological polar surface area (TPSA) is 62.7 Å². The Kier molecular flexibility index (Phi) is 5.84. The van der Waals surface area contributed by atoms with Gasteiger partial charge in [-0.15, -0.1) is 21.5 Å². The summed E-state index contributed by atoms with van der Waals surface area (Å²) in [4.78, 5) is 4.61. The molecule has 2 N–H and O–H groups in total. The molecule has 4 aromatic rings. The first-order valence-corrected chi connectivity index (χ1v) is 11.1. The standard InChI is InChI=1S/C19H16FN5S3/c1-12-6-8-13(9-7-12)21-17-22-14(10-26-17)11-27-19-25-24-18(28-19)23-16-5-3-2-4-15(16)20/h2-10H,11H2,1H3,(H,21,22)(H,23,24). The van der Waals surface area contributed by atoms with Crippen molar-refractivity contribution in [2.24, 2.45) is 0 Å². The molecule has 9 heteroatoms. The third-order valence-corrected chi connectivity index (χ3v) is 6.53. The molecule has 0 amide bonds. The summed E-state index contributed by atoms with van der Waals surface area (Å²) in [5, 5.41) is 17.9. The fraction of sp³-hybridized carbons (Fsp3) is 0.105. The van der Waals surface area contributed by atoms with Crippen LogP contribution in [0.2, 0.25) is 0 Å². The largest absolute Gasteiger partial charge is 0.332 e. The van der Waals surface area contributed by atoms with Crippen molar-refractivity contribution in [3.63, 3.8) is 0 Å². The van der Waals surface area contributed by atoms with Crippen molar-refractivity contribution in [1.29, 1.82) is 0 Å². The number of nitrogens with one attached hydrogen (secondary N) is 2. The molecule has 0 unspecified atom stereocenters. The van der Waals surface area contributed by atoms with Gasteiger partial charge in [-0.1, -0.05) is 52.9 Å². The maximum absolute atomic E-state index is 13.7. The first-order chi connectivity index (χ1) is 13.7. The molecule has 0 saturated heterocycles. The Morgan fingerprint density at radius 2 is 1.82 bits per heavy atom. The highest BCUT2D eigenvalue weighted by Crippen LogP contribution is 2.31. The maximum atomic E-state index is 13.7. The number of hydrogen-bond donors (Lipinski definition) is 2. The van der Waals surface area contributed by atoms with Crippen molar-refractivity contribution in [1.82, 2.24) is 15.2 Å². The van der Waals surface area contributed by atoms with Crippen molar-refractivity contribution in [3.05, 3.63) is 71.0 Å². The predicted molar refractivity (Wildman–Crippen MR) is 116 cm³/mol. The molecule has 0 aliphatic rings. The van der Waals surface area contributed by atoms with Crippen molar-refractivity contribution in [3.8, 4) is 0 Å². The maximum Gasteiger partial charge on any atom is 0.210 e. The molecule has 2 heterocycles. The number of anilines is 4. The van der Waals surface area contributed by atoms with Crippen molar-refractivity contribution in [2.45, 2.75) is 17.0 Å². The van der Waals surface area contributed by atoms with E-state index >= 15 is 0 Å². The third-order valence-electron chi connectivity index (χ3n) is 3.72. The highest BCUT2D eigenvalue weighted by Gasteiger charge is 2.09. The number of thioether (sulfide) groups is 1. The van der Waals surface area contributed by atoms with Gasteiger partial charge in [0.05, 0.1) is 11.4 Å². The Balaban J connectivity index is 1.33. The van der Waals surface area contributed by atoms with Crippen molar-refractivity contribution >= 4 is 56.1 Å². The highest BCUT2D eigenvalue weighted by molar-refractivity contribution is 8.00. The van der Waals surface area contributed by atoms with Gasteiger partial charge in [0.15, 0.2) is 9.47 Å². The van der Waals surface area contributed by atoms with Gasteiger partial charge in [0.2, 0.25) is 5.13 Å². The molecule has 0 fully saturated rings. The van der Waals surface area contributed by atoms with Gasteiger partial charge in [-0.05, 0) is 31.2 Å². The normalized spacial score (nSPS) is 10.8. The molecule has 4 rings (SSSR count). The summed E-state index contributed by atoms with van der Waals surface area (Å²) in [6, 6.07) is 14.7. The van der Waals surface area contributed by atoms with Crippen molar-refractivity contribution in [2.75, 3.05) is 10.6 Å². The summed E-state index contributed by atoms with van der Waals surface area (Å²) in [5.41, 5.74) is 3.61. The van der Waals surface area contributed by atoms with Crippen LogP contribution in [-0.4, -0.2) is 15.2 Å². The quantitative estimate of drug-likeness (QED) is 0.340. The third kappa shape index (κ3) is 4.86. The lowest BCUT2D eigenvalue weighted by molar-refractivity contribution is 0.632. The molecule has 142 valence electrons. The summed E-state index contributed by atoms with van der Waals surface area (Å²) in [5.74, 6) is 0.378. The van der Waals surface area contributed by atoms with Gasteiger partial charge >= 0.3 is 0 Å². The molecule has 0 spiro atoms. The van der Waals surface area contributed by atoms with E-state index in [0.29, 0.717) is 16.6 Å². The van der Waals surface area contributed by atoms with Crippen LogP contribution < -0.4 is 10.6 Å². The van der Waals surface area contributed by atoms with Gasteiger partial charge < -0.3 is 10.6 Å². The van der Waals surface area contributed by atoms with E-state index in [1.165, 1.54) is 23.0 Å². The molecule has 0 aliphatic heterocycles. The van der Waals surface area contributed by atoms with E-state index in [-0.39, 0.29) is 5.82 Å². The second-order valence-corrected chi connectivity index (χ2v) is 8.96. The van der Waals surface area contributed by atoms with E-state index < -0.39 is 0 Å². The van der Waals surface area contributed by atoms with E-state index in [2.05, 4.69) is 44.9 Å². The Labute approximate surface area is 174 Å². The zero-order valence-electron chi connectivity index (χ0n) is 14.8. The SMILES string of the molecule is Cc1ccc(Nc2nc(CSc3nnc(Nc4ccccc4F)s3)cs2)cc1. The molecule has 0 aliphatic carbocycles. The fourth-order valence-corrected chi connectivity index (χ4v) is 4.82. The summed E-state index contributed by atoms with van der Waals surface area (Å²) in [6.45, 7) is 2.06. The zero-order chi connectivity index (χ0) is 19.3. The van der Waals surface area contributed by atoms with Gasteiger partial charge in [-0.2, -0.15) is 0 Å². The van der Waals surface area contributed by atoms with Gasteiger partial charge in [-0.25, -0.2) is 9.37 Å². The Hall–Kier alpha value is -2.49. The number of rotatable bonds is 7. The number of hydrogen-bond acceptors (Lipinski definition) is 8. The summed E-state index contributed by atoms with van der Waals surface area (Å²) in [6.07, 6.45) is 0. The van der Waals surface area contributed by atoms with E-state index in [4.69, 9.17) is 0 Å². The van der Waals surface area contributed by atoms with Crippen LogP contribution in [0.15, 0.2) is 58.3 Å². The molecular weight excluding hydrogens is 413 g/mol. The molecule has 0 saturated carbocycles. The average Bonchev–Trinajstić information content (AvgIpc) is 3.33. The molecule has 5 nitrogen and oxygen atoms in total.